The number of nitrogens with zero attached hydrogens (tertiary/aromatic N) is 3. The Kier molecular flexibility index (Phi) is 6.25. The van der Waals surface area contributed by atoms with Crippen molar-refractivity contribution in [3.63, 3.8) is 0 Å². The number of hydrogen-bond acceptors (Lipinski definition) is 4. The van der Waals surface area contributed by atoms with E-state index < -0.39 is 29.4 Å². The van der Waals surface area contributed by atoms with Crippen LogP contribution in [-0.2, 0) is 17.7 Å². The van der Waals surface area contributed by atoms with Crippen LogP contribution in [0.25, 0.3) is 0 Å². The molecule has 0 N–H and O–H groups in total. The third-order valence-corrected chi connectivity index (χ3v) is 5.68. The summed E-state index contributed by atoms with van der Waals surface area (Å²) in [6.45, 7) is 7.53. The van der Waals surface area contributed by atoms with Gasteiger partial charge in [-0.15, -0.1) is 0 Å². The quantitative estimate of drug-likeness (QED) is 0.557. The highest BCUT2D eigenvalue weighted by Gasteiger charge is 2.30. The fourth-order valence-corrected chi connectivity index (χ4v) is 4.25. The second kappa shape index (κ2) is 9.00. The number of aryl methyl sites for hydroxylation is 1. The number of carbonyl (C=O) groups excluding carboxylic acids is 1. The van der Waals surface area contributed by atoms with Crippen LogP contribution in [0.4, 0.5) is 13.6 Å². The SMILES string of the molecule is Cc1nc2c(c(=O)n1C(c1cccc(F)c1)c1cccc(F)c1)CCN(C(=O)OC(C)(C)C)C2. The van der Waals surface area contributed by atoms with Gasteiger partial charge in [-0.3, -0.25) is 9.36 Å². The summed E-state index contributed by atoms with van der Waals surface area (Å²) in [4.78, 5) is 32.4. The Morgan fingerprint density at radius 3 is 2.18 bits per heavy atom. The van der Waals surface area contributed by atoms with Crippen LogP contribution in [0.2, 0.25) is 0 Å². The Hall–Kier alpha value is -3.55. The largest absolute Gasteiger partial charge is 0.444 e. The molecule has 0 bridgehead atoms. The van der Waals surface area contributed by atoms with Gasteiger partial charge in [0, 0.05) is 12.1 Å². The molecule has 4 rings (SSSR count). The Morgan fingerprint density at radius 2 is 1.65 bits per heavy atom. The summed E-state index contributed by atoms with van der Waals surface area (Å²) in [5, 5.41) is 0. The van der Waals surface area contributed by atoms with E-state index in [2.05, 4.69) is 4.98 Å². The molecule has 0 fully saturated rings. The van der Waals surface area contributed by atoms with Crippen LogP contribution >= 0.6 is 0 Å². The number of ether oxygens (including phenoxy) is 1. The van der Waals surface area contributed by atoms with Crippen LogP contribution in [0.5, 0.6) is 0 Å². The average Bonchev–Trinajstić information content (AvgIpc) is 2.75. The van der Waals surface area contributed by atoms with Crippen molar-refractivity contribution < 1.29 is 18.3 Å². The lowest BCUT2D eigenvalue weighted by molar-refractivity contribution is 0.0219. The van der Waals surface area contributed by atoms with Gasteiger partial charge in [0.15, 0.2) is 0 Å². The van der Waals surface area contributed by atoms with Crippen LogP contribution in [0, 0.1) is 18.6 Å². The zero-order valence-electron chi connectivity index (χ0n) is 19.6. The van der Waals surface area contributed by atoms with E-state index in [-0.39, 0.29) is 12.1 Å². The molecule has 0 aliphatic carbocycles. The number of hydrogen-bond donors (Lipinski definition) is 0. The minimum atomic E-state index is -0.763. The molecule has 0 saturated carbocycles. The topological polar surface area (TPSA) is 64.4 Å². The molecule has 0 saturated heterocycles. The van der Waals surface area contributed by atoms with Gasteiger partial charge in [0.1, 0.15) is 23.1 Å². The molecule has 0 unspecified atom stereocenters. The molecule has 1 aliphatic rings. The lowest BCUT2D eigenvalue weighted by Crippen LogP contribution is -2.43. The zero-order valence-corrected chi connectivity index (χ0v) is 19.6. The van der Waals surface area contributed by atoms with E-state index in [0.717, 1.165) is 0 Å². The second-order valence-electron chi connectivity index (χ2n) is 9.42. The van der Waals surface area contributed by atoms with Gasteiger partial charge in [0.25, 0.3) is 5.56 Å². The molecule has 3 aromatic rings. The summed E-state index contributed by atoms with van der Waals surface area (Å²) in [5.41, 5.74) is 1.08. The van der Waals surface area contributed by atoms with Gasteiger partial charge in [-0.2, -0.15) is 0 Å². The van der Waals surface area contributed by atoms with Crippen LogP contribution < -0.4 is 5.56 Å². The standard InChI is InChI=1S/C26H27F2N3O3/c1-16-29-22-15-30(25(33)34-26(2,3)4)12-11-21(22)24(32)31(16)23(17-7-5-9-19(27)13-17)18-8-6-10-20(28)14-18/h5-10,13-14,23H,11-12,15H2,1-4H3. The van der Waals surface area contributed by atoms with E-state index in [9.17, 15) is 18.4 Å². The van der Waals surface area contributed by atoms with E-state index >= 15 is 0 Å². The first-order chi connectivity index (χ1) is 16.0. The maximum atomic E-state index is 14.1. The highest BCUT2D eigenvalue weighted by molar-refractivity contribution is 5.68. The van der Waals surface area contributed by atoms with E-state index in [1.165, 1.54) is 33.7 Å². The number of halogens is 2. The summed E-state index contributed by atoms with van der Waals surface area (Å²) >= 11 is 0. The highest BCUT2D eigenvalue weighted by Crippen LogP contribution is 2.29. The number of aromatic nitrogens is 2. The van der Waals surface area contributed by atoms with Crippen molar-refractivity contribution >= 4 is 6.09 Å². The lowest BCUT2D eigenvalue weighted by atomic mass is 9.97. The van der Waals surface area contributed by atoms with Crippen molar-refractivity contribution in [2.75, 3.05) is 6.54 Å². The fraction of sp³-hybridized carbons (Fsp3) is 0.346. The van der Waals surface area contributed by atoms with Crippen molar-refractivity contribution in [2.45, 2.75) is 52.3 Å². The second-order valence-corrected chi connectivity index (χ2v) is 9.42. The van der Waals surface area contributed by atoms with Crippen molar-refractivity contribution in [3.05, 3.63) is 98.7 Å². The van der Waals surface area contributed by atoms with Gasteiger partial charge in [-0.05, 0) is 69.5 Å². The first-order valence-electron chi connectivity index (χ1n) is 11.1. The summed E-state index contributed by atoms with van der Waals surface area (Å²) in [5.74, 6) is -0.527. The molecule has 0 radical (unpaired) electrons. The Morgan fingerprint density at radius 1 is 1.06 bits per heavy atom. The van der Waals surface area contributed by atoms with E-state index in [1.807, 2.05) is 0 Å². The normalized spacial score (nSPS) is 13.7. The van der Waals surface area contributed by atoms with Gasteiger partial charge in [0.2, 0.25) is 0 Å². The molecule has 1 aromatic heterocycles. The molecule has 2 aromatic carbocycles. The predicted molar refractivity (Wildman–Crippen MR) is 124 cm³/mol. The Balaban J connectivity index is 1.80. The number of fused-ring (bicyclic) bond motifs is 1. The van der Waals surface area contributed by atoms with Gasteiger partial charge in [-0.25, -0.2) is 18.6 Å². The van der Waals surface area contributed by atoms with Gasteiger partial charge >= 0.3 is 6.09 Å². The third-order valence-electron chi connectivity index (χ3n) is 5.68. The Bertz CT molecular complexity index is 1250. The summed E-state index contributed by atoms with van der Waals surface area (Å²) in [6, 6.07) is 11.1. The maximum absolute atomic E-state index is 14.1. The monoisotopic (exact) mass is 467 g/mol. The molecule has 8 heteroatoms. The number of rotatable bonds is 3. The summed E-state index contributed by atoms with van der Waals surface area (Å²) in [7, 11) is 0. The van der Waals surface area contributed by atoms with Gasteiger partial charge in [0.05, 0.1) is 18.3 Å². The lowest BCUT2D eigenvalue weighted by Gasteiger charge is -2.32. The van der Waals surface area contributed by atoms with E-state index in [4.69, 9.17) is 4.74 Å². The molecule has 1 aliphatic heterocycles. The molecular weight excluding hydrogens is 440 g/mol. The van der Waals surface area contributed by atoms with E-state index in [1.54, 1.807) is 52.0 Å². The molecule has 178 valence electrons. The van der Waals surface area contributed by atoms with Crippen molar-refractivity contribution in [1.82, 2.24) is 14.5 Å². The number of benzene rings is 2. The summed E-state index contributed by atoms with van der Waals surface area (Å²) in [6.07, 6.45) is -0.154. The molecule has 6 nitrogen and oxygen atoms in total. The van der Waals surface area contributed by atoms with Crippen LogP contribution in [0.15, 0.2) is 53.3 Å². The molecule has 34 heavy (non-hydrogen) atoms. The predicted octanol–water partition coefficient (Wildman–Crippen LogP) is 4.76. The van der Waals surface area contributed by atoms with Gasteiger partial charge < -0.3 is 9.64 Å². The maximum Gasteiger partial charge on any atom is 0.410 e. The highest BCUT2D eigenvalue weighted by atomic mass is 19.1. The van der Waals surface area contributed by atoms with Crippen LogP contribution in [-0.4, -0.2) is 32.7 Å². The van der Waals surface area contributed by atoms with Crippen molar-refractivity contribution in [1.29, 1.82) is 0 Å². The molecule has 1 amide bonds. The fourth-order valence-electron chi connectivity index (χ4n) is 4.25. The number of carbonyl (C=O) groups is 1. The summed E-state index contributed by atoms with van der Waals surface area (Å²) < 4.78 is 35.2. The smallest absolute Gasteiger partial charge is 0.410 e. The first kappa shape index (κ1) is 23.6. The van der Waals surface area contributed by atoms with Crippen molar-refractivity contribution in [2.24, 2.45) is 0 Å². The van der Waals surface area contributed by atoms with Crippen LogP contribution in [0.3, 0.4) is 0 Å². The zero-order chi connectivity index (χ0) is 24.6. The molecule has 2 heterocycles. The van der Waals surface area contributed by atoms with Gasteiger partial charge in [-0.1, -0.05) is 24.3 Å². The minimum absolute atomic E-state index is 0.158. The van der Waals surface area contributed by atoms with Crippen molar-refractivity contribution in [3.8, 4) is 0 Å². The number of amides is 1. The molecule has 0 atom stereocenters. The van der Waals surface area contributed by atoms with E-state index in [0.29, 0.717) is 41.2 Å². The minimum Gasteiger partial charge on any atom is -0.444 e. The first-order valence-corrected chi connectivity index (χ1v) is 11.1. The van der Waals surface area contributed by atoms with Crippen LogP contribution in [0.1, 0.15) is 55.0 Å². The molecule has 0 spiro atoms. The third kappa shape index (κ3) is 4.85. The average molecular weight is 468 g/mol. The molecular formula is C26H27F2N3O3. The Labute approximate surface area is 196 Å².